The average Bonchev–Trinajstić information content (AvgIpc) is 2.38. The van der Waals surface area contributed by atoms with Crippen LogP contribution in [0.4, 0.5) is 0 Å². The molecule has 18 heavy (non-hydrogen) atoms. The Labute approximate surface area is 121 Å². The predicted molar refractivity (Wildman–Crippen MR) is 79.6 cm³/mol. The second-order valence-corrected chi connectivity index (χ2v) is 5.20. The lowest BCUT2D eigenvalue weighted by atomic mass is 10.1. The van der Waals surface area contributed by atoms with Crippen LogP contribution < -0.4 is 4.74 Å². The fraction of sp³-hybridized carbons (Fsp3) is 0.200. The van der Waals surface area contributed by atoms with E-state index >= 15 is 0 Å². The highest BCUT2D eigenvalue weighted by atomic mass is 79.9. The zero-order chi connectivity index (χ0) is 13.0. The topological polar surface area (TPSA) is 9.23 Å². The third-order valence-corrected chi connectivity index (χ3v) is 4.00. The Balaban J connectivity index is 2.16. The molecule has 0 fully saturated rings. The van der Waals surface area contributed by atoms with E-state index in [1.54, 1.807) is 0 Å². The lowest BCUT2D eigenvalue weighted by Crippen LogP contribution is -1.93. The first-order valence-corrected chi connectivity index (χ1v) is 7.02. The van der Waals surface area contributed by atoms with Gasteiger partial charge in [-0.25, -0.2) is 0 Å². The highest BCUT2D eigenvalue weighted by molar-refractivity contribution is 9.10. The van der Waals surface area contributed by atoms with Crippen LogP contribution in [0.25, 0.3) is 0 Å². The van der Waals surface area contributed by atoms with E-state index in [0.29, 0.717) is 6.61 Å². The van der Waals surface area contributed by atoms with Crippen molar-refractivity contribution in [3.63, 3.8) is 0 Å². The largest absolute Gasteiger partial charge is 0.494 e. The monoisotopic (exact) mass is 324 g/mol. The van der Waals surface area contributed by atoms with E-state index in [-0.39, 0.29) is 0 Å². The summed E-state index contributed by atoms with van der Waals surface area (Å²) in [5.74, 6) is 0.904. The van der Waals surface area contributed by atoms with Gasteiger partial charge in [-0.2, -0.15) is 0 Å². The van der Waals surface area contributed by atoms with Crippen molar-refractivity contribution in [2.75, 3.05) is 6.61 Å². The molecule has 0 saturated heterocycles. The van der Waals surface area contributed by atoms with Gasteiger partial charge in [-0.15, -0.1) is 0 Å². The molecule has 0 atom stereocenters. The fourth-order valence-corrected chi connectivity index (χ4v) is 2.38. The molecule has 0 amide bonds. The molecule has 0 N–H and O–H groups in total. The van der Waals surface area contributed by atoms with Gasteiger partial charge in [0.25, 0.3) is 0 Å². The molecule has 2 aromatic carbocycles. The summed E-state index contributed by atoms with van der Waals surface area (Å²) in [7, 11) is 0. The summed E-state index contributed by atoms with van der Waals surface area (Å²) in [4.78, 5) is 0. The predicted octanol–water partition coefficient (Wildman–Crippen LogP) is 5.09. The lowest BCUT2D eigenvalue weighted by molar-refractivity contribution is 0.340. The number of ether oxygens (including phenoxy) is 1. The Morgan fingerprint density at radius 3 is 2.50 bits per heavy atom. The molecular formula is C15H14BrClO. The average molecular weight is 326 g/mol. The molecule has 0 aliphatic rings. The maximum Gasteiger partial charge on any atom is 0.119 e. The molecule has 0 aromatic heterocycles. The van der Waals surface area contributed by atoms with Crippen LogP contribution in [-0.4, -0.2) is 6.61 Å². The van der Waals surface area contributed by atoms with Gasteiger partial charge >= 0.3 is 0 Å². The molecule has 0 radical (unpaired) electrons. The van der Waals surface area contributed by atoms with Crippen LogP contribution in [0.15, 0.2) is 46.9 Å². The molecule has 1 nitrogen and oxygen atoms in total. The molecule has 94 valence electrons. The maximum absolute atomic E-state index is 6.25. The van der Waals surface area contributed by atoms with E-state index in [0.717, 1.165) is 27.2 Å². The Kier molecular flexibility index (Phi) is 4.67. The molecule has 0 aliphatic carbocycles. The maximum atomic E-state index is 6.25. The minimum atomic E-state index is 0.691. The van der Waals surface area contributed by atoms with Crippen molar-refractivity contribution in [1.82, 2.24) is 0 Å². The Morgan fingerprint density at radius 2 is 1.83 bits per heavy atom. The third-order valence-electron chi connectivity index (χ3n) is 2.66. The SMILES string of the molecule is CCOc1ccc(Cc2cccc(Br)c2Cl)cc1. The molecule has 3 heteroatoms. The summed E-state index contributed by atoms with van der Waals surface area (Å²) in [6.07, 6.45) is 0.824. The smallest absolute Gasteiger partial charge is 0.119 e. The number of halogens is 2. The summed E-state index contributed by atoms with van der Waals surface area (Å²) in [5, 5.41) is 0.784. The summed E-state index contributed by atoms with van der Waals surface area (Å²) in [6, 6.07) is 14.1. The molecule has 0 heterocycles. The Bertz CT molecular complexity index is 523. The van der Waals surface area contributed by atoms with Crippen molar-refractivity contribution < 1.29 is 4.74 Å². The van der Waals surface area contributed by atoms with Gasteiger partial charge in [0.1, 0.15) is 5.75 Å². The van der Waals surface area contributed by atoms with Crippen molar-refractivity contribution in [1.29, 1.82) is 0 Å². The minimum Gasteiger partial charge on any atom is -0.494 e. The third kappa shape index (κ3) is 3.27. The highest BCUT2D eigenvalue weighted by Crippen LogP contribution is 2.28. The van der Waals surface area contributed by atoms with Crippen LogP contribution in [0.2, 0.25) is 5.02 Å². The molecule has 0 unspecified atom stereocenters. The first kappa shape index (κ1) is 13.4. The van der Waals surface area contributed by atoms with E-state index < -0.39 is 0 Å². The van der Waals surface area contributed by atoms with Crippen molar-refractivity contribution in [2.45, 2.75) is 13.3 Å². The van der Waals surface area contributed by atoms with Crippen molar-refractivity contribution in [3.8, 4) is 5.75 Å². The Hall–Kier alpha value is -0.990. The summed E-state index contributed by atoms with van der Waals surface area (Å²) >= 11 is 9.69. The molecule has 0 bridgehead atoms. The van der Waals surface area contributed by atoms with Gasteiger partial charge in [0.05, 0.1) is 11.6 Å². The van der Waals surface area contributed by atoms with Crippen LogP contribution >= 0.6 is 27.5 Å². The zero-order valence-corrected chi connectivity index (χ0v) is 12.5. The first-order valence-electron chi connectivity index (χ1n) is 5.85. The second-order valence-electron chi connectivity index (χ2n) is 3.97. The fourth-order valence-electron chi connectivity index (χ4n) is 1.78. The van der Waals surface area contributed by atoms with Crippen molar-refractivity contribution in [3.05, 3.63) is 63.1 Å². The molecule has 2 rings (SSSR count). The van der Waals surface area contributed by atoms with E-state index in [2.05, 4.69) is 28.1 Å². The van der Waals surface area contributed by atoms with E-state index in [4.69, 9.17) is 16.3 Å². The molecule has 0 aliphatic heterocycles. The van der Waals surface area contributed by atoms with E-state index in [1.165, 1.54) is 5.56 Å². The lowest BCUT2D eigenvalue weighted by Gasteiger charge is -2.07. The van der Waals surface area contributed by atoms with Crippen molar-refractivity contribution >= 4 is 27.5 Å². The van der Waals surface area contributed by atoms with Gasteiger partial charge in [0.15, 0.2) is 0 Å². The van der Waals surface area contributed by atoms with Crippen LogP contribution in [0, 0.1) is 0 Å². The van der Waals surface area contributed by atoms with Crippen LogP contribution in [0.3, 0.4) is 0 Å². The summed E-state index contributed by atoms with van der Waals surface area (Å²) in [6.45, 7) is 2.67. The van der Waals surface area contributed by atoms with Crippen LogP contribution in [-0.2, 0) is 6.42 Å². The standard InChI is InChI=1S/C15H14BrClO/c1-2-18-13-8-6-11(7-9-13)10-12-4-3-5-14(16)15(12)17/h3-9H,2,10H2,1H3. The van der Waals surface area contributed by atoms with Crippen molar-refractivity contribution in [2.24, 2.45) is 0 Å². The van der Waals surface area contributed by atoms with Gasteiger partial charge < -0.3 is 4.74 Å². The summed E-state index contributed by atoms with van der Waals surface area (Å²) < 4.78 is 6.36. The number of benzene rings is 2. The number of rotatable bonds is 4. The van der Waals surface area contributed by atoms with Gasteiger partial charge in [0.2, 0.25) is 0 Å². The quantitative estimate of drug-likeness (QED) is 0.760. The normalized spacial score (nSPS) is 10.4. The highest BCUT2D eigenvalue weighted by Gasteiger charge is 2.05. The molecule has 0 saturated carbocycles. The van der Waals surface area contributed by atoms with Crippen LogP contribution in [0.5, 0.6) is 5.75 Å². The molecule has 0 spiro atoms. The number of hydrogen-bond donors (Lipinski definition) is 0. The minimum absolute atomic E-state index is 0.691. The van der Waals surface area contributed by atoms with E-state index in [9.17, 15) is 0 Å². The molecule has 2 aromatic rings. The van der Waals surface area contributed by atoms with Gasteiger partial charge in [-0.05, 0) is 58.6 Å². The number of hydrogen-bond acceptors (Lipinski definition) is 1. The van der Waals surface area contributed by atoms with Gasteiger partial charge in [-0.3, -0.25) is 0 Å². The second kappa shape index (κ2) is 6.26. The molecular weight excluding hydrogens is 312 g/mol. The van der Waals surface area contributed by atoms with Crippen LogP contribution in [0.1, 0.15) is 18.1 Å². The van der Waals surface area contributed by atoms with Gasteiger partial charge in [0, 0.05) is 4.47 Å². The van der Waals surface area contributed by atoms with E-state index in [1.807, 2.05) is 37.3 Å². The first-order chi connectivity index (χ1) is 8.70. The summed E-state index contributed by atoms with van der Waals surface area (Å²) in [5.41, 5.74) is 2.34. The zero-order valence-electron chi connectivity index (χ0n) is 10.1. The Morgan fingerprint density at radius 1 is 1.11 bits per heavy atom. The van der Waals surface area contributed by atoms with Gasteiger partial charge in [-0.1, -0.05) is 35.9 Å².